The lowest BCUT2D eigenvalue weighted by Crippen LogP contribution is -2.19. The van der Waals surface area contributed by atoms with Crippen molar-refractivity contribution in [2.75, 3.05) is 5.32 Å². The summed E-state index contributed by atoms with van der Waals surface area (Å²) >= 11 is 3.19. The Labute approximate surface area is 163 Å². The van der Waals surface area contributed by atoms with Gasteiger partial charge in [0.1, 0.15) is 5.82 Å². The Morgan fingerprint density at radius 3 is 2.89 bits per heavy atom. The normalized spacial score (nSPS) is 13.7. The quantitative estimate of drug-likeness (QED) is 0.621. The van der Waals surface area contributed by atoms with Gasteiger partial charge in [-0.15, -0.1) is 0 Å². The number of H-pyrrole nitrogens is 1. The largest absolute Gasteiger partial charge is 0.444 e. The first-order chi connectivity index (χ1) is 13.0. The molecule has 1 amide bonds. The van der Waals surface area contributed by atoms with Crippen LogP contribution in [-0.4, -0.2) is 25.7 Å². The van der Waals surface area contributed by atoms with Gasteiger partial charge in [-0.3, -0.25) is 14.6 Å². The van der Waals surface area contributed by atoms with E-state index in [9.17, 15) is 9.59 Å². The number of aromatic amines is 1. The second-order valence-corrected chi connectivity index (χ2v) is 7.29. The number of furan rings is 1. The minimum absolute atomic E-state index is 0.170. The van der Waals surface area contributed by atoms with Gasteiger partial charge in [0.05, 0.1) is 5.69 Å². The summed E-state index contributed by atoms with van der Waals surface area (Å²) in [6, 6.07) is 6.52. The van der Waals surface area contributed by atoms with Crippen LogP contribution in [0.5, 0.6) is 0 Å². The van der Waals surface area contributed by atoms with E-state index in [4.69, 9.17) is 4.42 Å². The van der Waals surface area contributed by atoms with E-state index in [0.717, 1.165) is 25.0 Å². The van der Waals surface area contributed by atoms with Gasteiger partial charge in [-0.1, -0.05) is 13.3 Å². The average Bonchev–Trinajstić information content (AvgIpc) is 3.25. The molecule has 0 unspecified atom stereocenters. The predicted octanol–water partition coefficient (Wildman–Crippen LogP) is 3.39. The van der Waals surface area contributed by atoms with Crippen LogP contribution in [0.1, 0.15) is 54.0 Å². The zero-order valence-corrected chi connectivity index (χ0v) is 16.2. The van der Waals surface area contributed by atoms with Crippen molar-refractivity contribution >= 4 is 27.7 Å². The molecule has 4 rings (SSSR count). The number of nitrogens with one attached hydrogen (secondary N) is 2. The number of carbonyl (C=O) groups is 1. The van der Waals surface area contributed by atoms with E-state index < -0.39 is 5.91 Å². The lowest BCUT2D eigenvalue weighted by molar-refractivity contribution is 0.0994. The van der Waals surface area contributed by atoms with Crippen molar-refractivity contribution in [1.82, 2.24) is 19.7 Å². The van der Waals surface area contributed by atoms with E-state index in [-0.39, 0.29) is 17.3 Å². The van der Waals surface area contributed by atoms with E-state index in [1.165, 1.54) is 10.7 Å². The van der Waals surface area contributed by atoms with Crippen molar-refractivity contribution in [3.05, 3.63) is 56.4 Å². The Hall–Kier alpha value is -2.68. The molecular weight excluding hydrogens is 414 g/mol. The number of rotatable bonds is 6. The van der Waals surface area contributed by atoms with Gasteiger partial charge in [0, 0.05) is 23.7 Å². The molecule has 27 heavy (non-hydrogen) atoms. The van der Waals surface area contributed by atoms with E-state index in [1.807, 2.05) is 13.0 Å². The van der Waals surface area contributed by atoms with Crippen LogP contribution in [0.25, 0.3) is 5.95 Å². The summed E-state index contributed by atoms with van der Waals surface area (Å²) in [5.41, 5.74) is 1.31. The monoisotopic (exact) mass is 431 g/mol. The van der Waals surface area contributed by atoms with Crippen molar-refractivity contribution in [3.8, 4) is 5.95 Å². The molecule has 0 aromatic carbocycles. The number of hydrogen-bond donors (Lipinski definition) is 2. The highest BCUT2D eigenvalue weighted by Gasteiger charge is 2.28. The molecule has 0 radical (unpaired) electrons. The summed E-state index contributed by atoms with van der Waals surface area (Å²) in [4.78, 5) is 31.7. The zero-order valence-electron chi connectivity index (χ0n) is 14.7. The summed E-state index contributed by atoms with van der Waals surface area (Å²) < 4.78 is 7.25. The number of carbonyl (C=O) groups excluding carboxylic acids is 1. The predicted molar refractivity (Wildman–Crippen MR) is 102 cm³/mol. The molecule has 140 valence electrons. The van der Waals surface area contributed by atoms with Crippen molar-refractivity contribution in [3.63, 3.8) is 0 Å². The Bertz CT molecular complexity index is 1050. The number of aryl methyl sites for hydroxylation is 1. The molecule has 0 bridgehead atoms. The van der Waals surface area contributed by atoms with Crippen LogP contribution in [0.15, 0.2) is 38.1 Å². The van der Waals surface area contributed by atoms with Crippen molar-refractivity contribution < 1.29 is 9.21 Å². The van der Waals surface area contributed by atoms with Crippen LogP contribution in [0.3, 0.4) is 0 Å². The highest BCUT2D eigenvalue weighted by atomic mass is 79.9. The first-order valence-electron chi connectivity index (χ1n) is 8.80. The molecule has 9 heteroatoms. The van der Waals surface area contributed by atoms with Gasteiger partial charge in [-0.25, -0.2) is 4.98 Å². The highest BCUT2D eigenvalue weighted by molar-refractivity contribution is 9.10. The maximum absolute atomic E-state index is 12.5. The molecule has 0 aliphatic heterocycles. The van der Waals surface area contributed by atoms with Crippen LogP contribution in [0.4, 0.5) is 5.82 Å². The third-order valence-corrected chi connectivity index (χ3v) is 4.68. The molecule has 8 nitrogen and oxygen atoms in total. The first kappa shape index (κ1) is 17.7. The maximum Gasteiger partial charge on any atom is 0.292 e. The first-order valence-corrected chi connectivity index (χ1v) is 9.60. The van der Waals surface area contributed by atoms with Crippen LogP contribution in [-0.2, 0) is 6.42 Å². The molecule has 0 saturated heterocycles. The van der Waals surface area contributed by atoms with Crippen molar-refractivity contribution in [2.24, 2.45) is 0 Å². The van der Waals surface area contributed by atoms with E-state index in [0.29, 0.717) is 28.5 Å². The molecule has 0 atom stereocenters. The summed E-state index contributed by atoms with van der Waals surface area (Å²) in [5.74, 6) is 0.866. The minimum atomic E-state index is -0.406. The average molecular weight is 432 g/mol. The second kappa shape index (κ2) is 7.15. The number of hydrogen-bond acceptors (Lipinski definition) is 5. The van der Waals surface area contributed by atoms with Crippen LogP contribution >= 0.6 is 15.9 Å². The Morgan fingerprint density at radius 1 is 1.41 bits per heavy atom. The fraction of sp³-hybridized carbons (Fsp3) is 0.333. The van der Waals surface area contributed by atoms with Gasteiger partial charge in [0.25, 0.3) is 11.5 Å². The number of aromatic nitrogens is 4. The molecule has 1 saturated carbocycles. The molecule has 2 N–H and O–H groups in total. The van der Waals surface area contributed by atoms with Crippen LogP contribution in [0, 0.1) is 0 Å². The van der Waals surface area contributed by atoms with Gasteiger partial charge in [0.15, 0.2) is 10.4 Å². The number of amides is 1. The summed E-state index contributed by atoms with van der Waals surface area (Å²) in [5, 5.41) is 7.36. The minimum Gasteiger partial charge on any atom is -0.444 e. The molecule has 1 aliphatic rings. The number of nitrogens with zero attached hydrogens (tertiary/aromatic N) is 3. The van der Waals surface area contributed by atoms with Crippen LogP contribution < -0.4 is 10.9 Å². The van der Waals surface area contributed by atoms with Crippen LogP contribution in [0.2, 0.25) is 0 Å². The second-order valence-electron chi connectivity index (χ2n) is 6.51. The summed E-state index contributed by atoms with van der Waals surface area (Å²) in [6.45, 7) is 2.02. The fourth-order valence-electron chi connectivity index (χ4n) is 2.82. The Morgan fingerprint density at radius 2 is 2.22 bits per heavy atom. The number of anilines is 1. The lowest BCUT2D eigenvalue weighted by atomic mass is 10.2. The fourth-order valence-corrected chi connectivity index (χ4v) is 3.13. The van der Waals surface area contributed by atoms with Gasteiger partial charge >= 0.3 is 0 Å². The SMILES string of the molecule is CCCc1cc(=O)[nH]c(-n2nc(C3CC3)cc2NC(=O)c2ccc(Br)o2)n1. The molecule has 1 fully saturated rings. The lowest BCUT2D eigenvalue weighted by Gasteiger charge is -2.08. The third kappa shape index (κ3) is 3.87. The molecule has 1 aliphatic carbocycles. The Balaban J connectivity index is 1.72. The number of halogens is 1. The standard InChI is InChI=1S/C18H18BrN5O3/c1-2-3-11-8-16(25)22-18(20-11)24-15(9-12(23-24)10-4-5-10)21-17(26)13-6-7-14(19)27-13/h6-10H,2-5H2,1H3,(H,21,26)(H,20,22,25). The highest BCUT2D eigenvalue weighted by Crippen LogP contribution is 2.40. The summed E-state index contributed by atoms with van der Waals surface area (Å²) in [7, 11) is 0. The van der Waals surface area contributed by atoms with Gasteiger partial charge in [-0.05, 0) is 47.3 Å². The summed E-state index contributed by atoms with van der Waals surface area (Å²) in [6.07, 6.45) is 3.69. The van der Waals surface area contributed by atoms with Crippen molar-refractivity contribution in [1.29, 1.82) is 0 Å². The van der Waals surface area contributed by atoms with Gasteiger partial charge < -0.3 is 9.73 Å². The maximum atomic E-state index is 12.5. The van der Waals surface area contributed by atoms with Crippen molar-refractivity contribution in [2.45, 2.75) is 38.5 Å². The third-order valence-electron chi connectivity index (χ3n) is 4.25. The van der Waals surface area contributed by atoms with E-state index in [1.54, 1.807) is 12.1 Å². The van der Waals surface area contributed by atoms with E-state index >= 15 is 0 Å². The Kier molecular flexibility index (Phi) is 4.69. The molecular formula is C18H18BrN5O3. The van der Waals surface area contributed by atoms with E-state index in [2.05, 4.69) is 36.3 Å². The zero-order chi connectivity index (χ0) is 19.0. The van der Waals surface area contributed by atoms with Gasteiger partial charge in [0.2, 0.25) is 5.95 Å². The topological polar surface area (TPSA) is 106 Å². The molecule has 0 spiro atoms. The molecule has 3 heterocycles. The molecule has 3 aromatic rings. The van der Waals surface area contributed by atoms with Gasteiger partial charge in [-0.2, -0.15) is 9.78 Å². The molecule has 3 aromatic heterocycles. The smallest absolute Gasteiger partial charge is 0.292 e.